The molecule has 0 spiro atoms. The molecule has 1 amide bonds. The van der Waals surface area contributed by atoms with Crippen LogP contribution in [0, 0.1) is 5.41 Å². The molecule has 0 unspecified atom stereocenters. The Balaban J connectivity index is 2.84. The lowest BCUT2D eigenvalue weighted by Gasteiger charge is -2.23. The highest BCUT2D eigenvalue weighted by atomic mass is 32.2. The first kappa shape index (κ1) is 7.79. The summed E-state index contributed by atoms with van der Waals surface area (Å²) in [5, 5.41) is 0.893. The summed E-state index contributed by atoms with van der Waals surface area (Å²) in [6, 6.07) is 0. The zero-order valence-electron chi connectivity index (χ0n) is 6.47. The first-order chi connectivity index (χ1) is 4.52. The molecule has 1 aliphatic rings. The second-order valence-corrected chi connectivity index (χ2v) is 4.28. The fourth-order valence-corrected chi connectivity index (χ4v) is 1.51. The van der Waals surface area contributed by atoms with Crippen LogP contribution in [0.4, 0.5) is 0 Å². The average Bonchev–Trinajstić information content (AvgIpc) is 1.81. The molecular formula is C7H11NOS. The van der Waals surface area contributed by atoms with Crippen LogP contribution in [0.15, 0.2) is 4.99 Å². The van der Waals surface area contributed by atoms with Gasteiger partial charge in [-0.15, -0.1) is 11.8 Å². The molecule has 0 aromatic heterocycles. The Kier molecular flexibility index (Phi) is 1.86. The van der Waals surface area contributed by atoms with Crippen molar-refractivity contribution >= 4 is 22.7 Å². The van der Waals surface area contributed by atoms with Crippen LogP contribution in [0.25, 0.3) is 0 Å². The van der Waals surface area contributed by atoms with Gasteiger partial charge in [0.05, 0.1) is 10.5 Å². The molecule has 0 aliphatic carbocycles. The third kappa shape index (κ3) is 1.40. The Hall–Kier alpha value is -0.310. The van der Waals surface area contributed by atoms with Gasteiger partial charge in [0, 0.05) is 5.75 Å². The van der Waals surface area contributed by atoms with Gasteiger partial charge in [0.2, 0.25) is 0 Å². The minimum absolute atomic E-state index is 0.0174. The maximum absolute atomic E-state index is 11.1. The molecule has 1 rings (SSSR count). The second-order valence-electron chi connectivity index (χ2n) is 3.11. The molecule has 0 aromatic carbocycles. The number of amides is 1. The molecule has 2 nitrogen and oxygen atoms in total. The lowest BCUT2D eigenvalue weighted by Crippen LogP contribution is -2.29. The van der Waals surface area contributed by atoms with Crippen LogP contribution in [0.2, 0.25) is 0 Å². The summed E-state index contributed by atoms with van der Waals surface area (Å²) in [6.07, 6.45) is 0. The molecule has 0 saturated carbocycles. The summed E-state index contributed by atoms with van der Waals surface area (Å²) in [5.74, 6) is 0.880. The van der Waals surface area contributed by atoms with E-state index in [0.29, 0.717) is 0 Å². The number of rotatable bonds is 0. The van der Waals surface area contributed by atoms with Crippen molar-refractivity contribution in [3.8, 4) is 0 Å². The molecule has 0 fully saturated rings. The van der Waals surface area contributed by atoms with Gasteiger partial charge < -0.3 is 0 Å². The van der Waals surface area contributed by atoms with E-state index in [-0.39, 0.29) is 11.3 Å². The Labute approximate surface area is 65.1 Å². The number of thioether (sulfide) groups is 1. The van der Waals surface area contributed by atoms with Crippen LogP contribution < -0.4 is 0 Å². The van der Waals surface area contributed by atoms with E-state index in [1.165, 1.54) is 0 Å². The Morgan fingerprint density at radius 1 is 1.60 bits per heavy atom. The Morgan fingerprint density at radius 2 is 2.20 bits per heavy atom. The minimum Gasteiger partial charge on any atom is -0.272 e. The van der Waals surface area contributed by atoms with Gasteiger partial charge in [0.15, 0.2) is 0 Å². The van der Waals surface area contributed by atoms with E-state index < -0.39 is 0 Å². The van der Waals surface area contributed by atoms with Crippen LogP contribution in [-0.4, -0.2) is 16.7 Å². The third-order valence-electron chi connectivity index (χ3n) is 1.48. The summed E-state index contributed by atoms with van der Waals surface area (Å²) < 4.78 is 0. The van der Waals surface area contributed by atoms with Gasteiger partial charge in [0.1, 0.15) is 0 Å². The van der Waals surface area contributed by atoms with Crippen molar-refractivity contribution in [2.24, 2.45) is 10.4 Å². The van der Waals surface area contributed by atoms with Gasteiger partial charge in [-0.2, -0.15) is 0 Å². The Morgan fingerprint density at radius 3 is 2.60 bits per heavy atom. The number of hydrogen-bond donors (Lipinski definition) is 0. The number of aliphatic imine (C=N–C) groups is 1. The van der Waals surface area contributed by atoms with Crippen LogP contribution in [0.3, 0.4) is 0 Å². The van der Waals surface area contributed by atoms with E-state index in [1.807, 2.05) is 20.8 Å². The molecule has 1 heterocycles. The third-order valence-corrected chi connectivity index (χ3v) is 2.85. The van der Waals surface area contributed by atoms with Crippen molar-refractivity contribution in [1.82, 2.24) is 0 Å². The van der Waals surface area contributed by atoms with Crippen LogP contribution in [0.5, 0.6) is 0 Å². The summed E-state index contributed by atoms with van der Waals surface area (Å²) in [7, 11) is 0. The second kappa shape index (κ2) is 2.38. The smallest absolute Gasteiger partial charge is 0.252 e. The van der Waals surface area contributed by atoms with Crippen LogP contribution >= 0.6 is 11.8 Å². The monoisotopic (exact) mass is 157 g/mol. The summed E-state index contributed by atoms with van der Waals surface area (Å²) in [5.41, 5.74) is -0.246. The zero-order chi connectivity index (χ0) is 7.78. The number of carbonyl (C=O) groups is 1. The topological polar surface area (TPSA) is 29.4 Å². The van der Waals surface area contributed by atoms with Crippen LogP contribution in [-0.2, 0) is 4.79 Å². The average molecular weight is 157 g/mol. The van der Waals surface area contributed by atoms with Gasteiger partial charge >= 0.3 is 0 Å². The summed E-state index contributed by atoms with van der Waals surface area (Å²) in [6.45, 7) is 5.73. The molecule has 0 aromatic rings. The zero-order valence-corrected chi connectivity index (χ0v) is 7.29. The first-order valence-corrected chi connectivity index (χ1v) is 4.23. The van der Waals surface area contributed by atoms with Crippen molar-refractivity contribution in [3.05, 3.63) is 0 Å². The molecule has 1 aliphatic heterocycles. The van der Waals surface area contributed by atoms with Gasteiger partial charge in [-0.05, 0) is 6.92 Å². The molecular weight excluding hydrogens is 146 g/mol. The van der Waals surface area contributed by atoms with Crippen molar-refractivity contribution < 1.29 is 4.79 Å². The SMILES string of the molecule is CC1=NC(=O)C(C)(C)CS1. The predicted octanol–water partition coefficient (Wildman–Crippen LogP) is 1.70. The molecule has 56 valence electrons. The molecule has 0 N–H and O–H groups in total. The Bertz CT molecular complexity index is 196. The molecule has 0 bridgehead atoms. The number of nitrogens with zero attached hydrogens (tertiary/aromatic N) is 1. The van der Waals surface area contributed by atoms with Gasteiger partial charge in [-0.3, -0.25) is 4.79 Å². The molecule has 0 radical (unpaired) electrons. The molecule has 3 heteroatoms. The van der Waals surface area contributed by atoms with E-state index in [4.69, 9.17) is 0 Å². The fourth-order valence-electron chi connectivity index (χ4n) is 0.673. The lowest BCUT2D eigenvalue weighted by molar-refractivity contribution is -0.124. The first-order valence-electron chi connectivity index (χ1n) is 3.25. The van der Waals surface area contributed by atoms with E-state index in [0.717, 1.165) is 10.8 Å². The van der Waals surface area contributed by atoms with Gasteiger partial charge in [-0.1, -0.05) is 13.8 Å². The predicted molar refractivity (Wildman–Crippen MR) is 44.4 cm³/mol. The molecule has 10 heavy (non-hydrogen) atoms. The van der Waals surface area contributed by atoms with Gasteiger partial charge in [0.25, 0.3) is 5.91 Å². The molecule has 0 saturated heterocycles. The van der Waals surface area contributed by atoms with Gasteiger partial charge in [-0.25, -0.2) is 4.99 Å². The number of hydrogen-bond acceptors (Lipinski definition) is 2. The van der Waals surface area contributed by atoms with Crippen molar-refractivity contribution in [2.75, 3.05) is 5.75 Å². The lowest BCUT2D eigenvalue weighted by atomic mass is 9.95. The minimum atomic E-state index is -0.246. The van der Waals surface area contributed by atoms with Crippen molar-refractivity contribution in [1.29, 1.82) is 0 Å². The fraction of sp³-hybridized carbons (Fsp3) is 0.714. The quantitative estimate of drug-likeness (QED) is 0.535. The highest BCUT2D eigenvalue weighted by Gasteiger charge is 2.30. The molecule has 0 atom stereocenters. The maximum Gasteiger partial charge on any atom is 0.252 e. The van der Waals surface area contributed by atoms with Crippen molar-refractivity contribution in [3.63, 3.8) is 0 Å². The highest BCUT2D eigenvalue weighted by Crippen LogP contribution is 2.28. The largest absolute Gasteiger partial charge is 0.272 e. The number of carbonyl (C=O) groups excluding carboxylic acids is 1. The van der Waals surface area contributed by atoms with Crippen LogP contribution in [0.1, 0.15) is 20.8 Å². The standard InChI is InChI=1S/C7H11NOS/c1-5-8-6(9)7(2,3)4-10-5/h4H2,1-3H3. The van der Waals surface area contributed by atoms with E-state index in [2.05, 4.69) is 4.99 Å². The van der Waals surface area contributed by atoms with Crippen molar-refractivity contribution in [2.45, 2.75) is 20.8 Å². The van der Waals surface area contributed by atoms with E-state index >= 15 is 0 Å². The normalized spacial score (nSPS) is 24.3. The summed E-state index contributed by atoms with van der Waals surface area (Å²) in [4.78, 5) is 15.0. The summed E-state index contributed by atoms with van der Waals surface area (Å²) >= 11 is 1.66. The van der Waals surface area contributed by atoms with E-state index in [1.54, 1.807) is 11.8 Å². The maximum atomic E-state index is 11.1. The van der Waals surface area contributed by atoms with E-state index in [9.17, 15) is 4.79 Å². The highest BCUT2D eigenvalue weighted by molar-refractivity contribution is 8.14.